The largest absolute Gasteiger partial charge is 0.481 e. The quantitative estimate of drug-likeness (QED) is 0.858. The molecule has 0 aliphatic rings. The second-order valence-corrected chi connectivity index (χ2v) is 5.09. The Morgan fingerprint density at radius 3 is 2.05 bits per heavy atom. The summed E-state index contributed by atoms with van der Waals surface area (Å²) in [6.45, 7) is 1.95. The minimum absolute atomic E-state index is 0.596. The number of benzene rings is 2. The fourth-order valence-electron chi connectivity index (χ4n) is 2.67. The molecule has 1 N–H and O–H groups in total. The van der Waals surface area contributed by atoms with E-state index in [1.807, 2.05) is 67.6 Å². The molecule has 1 atom stereocenters. The molecule has 0 spiro atoms. The van der Waals surface area contributed by atoms with Gasteiger partial charge in [-0.1, -0.05) is 67.6 Å². The predicted molar refractivity (Wildman–Crippen MR) is 80.8 cm³/mol. The van der Waals surface area contributed by atoms with Crippen LogP contribution in [0.1, 0.15) is 30.9 Å². The Bertz CT molecular complexity index is 548. The molecule has 0 aromatic heterocycles. The summed E-state index contributed by atoms with van der Waals surface area (Å²) in [5.74, 6) is -0.734. The molecule has 1 unspecified atom stereocenters. The zero-order valence-electron chi connectivity index (χ0n) is 11.8. The van der Waals surface area contributed by atoms with Crippen molar-refractivity contribution in [2.24, 2.45) is 0 Å². The average Bonchev–Trinajstić information content (AvgIpc) is 2.50. The molecule has 20 heavy (non-hydrogen) atoms. The van der Waals surface area contributed by atoms with Crippen LogP contribution in [0.2, 0.25) is 0 Å². The van der Waals surface area contributed by atoms with Gasteiger partial charge in [0, 0.05) is 0 Å². The number of aliphatic carboxylic acids is 1. The summed E-state index contributed by atoms with van der Waals surface area (Å²) in [5.41, 5.74) is 1.28. The Labute approximate surface area is 120 Å². The highest BCUT2D eigenvalue weighted by molar-refractivity contribution is 5.81. The summed E-state index contributed by atoms with van der Waals surface area (Å²) in [5, 5.41) is 9.76. The van der Waals surface area contributed by atoms with E-state index in [2.05, 4.69) is 0 Å². The summed E-state index contributed by atoms with van der Waals surface area (Å²) in [6, 6.07) is 19.6. The van der Waals surface area contributed by atoms with Crippen molar-refractivity contribution in [3.63, 3.8) is 0 Å². The van der Waals surface area contributed by atoms with Gasteiger partial charge in [-0.05, 0) is 30.4 Å². The van der Waals surface area contributed by atoms with Crippen LogP contribution in [0.4, 0.5) is 0 Å². The molecule has 2 heteroatoms. The first-order valence-electron chi connectivity index (χ1n) is 7.02. The van der Waals surface area contributed by atoms with E-state index in [1.54, 1.807) is 0 Å². The Kier molecular flexibility index (Phi) is 4.57. The summed E-state index contributed by atoms with van der Waals surface area (Å²) >= 11 is 0. The van der Waals surface area contributed by atoms with Crippen LogP contribution < -0.4 is 0 Å². The van der Waals surface area contributed by atoms with Gasteiger partial charge in [-0.15, -0.1) is 0 Å². The Morgan fingerprint density at radius 2 is 1.55 bits per heavy atom. The molecule has 0 fully saturated rings. The topological polar surface area (TPSA) is 37.3 Å². The van der Waals surface area contributed by atoms with Gasteiger partial charge < -0.3 is 5.11 Å². The van der Waals surface area contributed by atoms with Crippen molar-refractivity contribution >= 4 is 5.97 Å². The summed E-state index contributed by atoms with van der Waals surface area (Å²) in [6.07, 6.45) is 1.99. The Morgan fingerprint density at radius 1 is 1.00 bits per heavy atom. The lowest BCUT2D eigenvalue weighted by Crippen LogP contribution is -2.35. The molecule has 0 aliphatic carbocycles. The lowest BCUT2D eigenvalue weighted by atomic mass is 9.74. The molecule has 2 nitrogen and oxygen atoms in total. The van der Waals surface area contributed by atoms with Crippen molar-refractivity contribution in [1.29, 1.82) is 0 Å². The van der Waals surface area contributed by atoms with E-state index in [0.717, 1.165) is 12.0 Å². The van der Waals surface area contributed by atoms with E-state index in [4.69, 9.17) is 0 Å². The first-order chi connectivity index (χ1) is 9.69. The highest BCUT2D eigenvalue weighted by atomic mass is 16.4. The molecule has 2 aromatic carbocycles. The minimum Gasteiger partial charge on any atom is -0.481 e. The zero-order chi connectivity index (χ0) is 14.4. The van der Waals surface area contributed by atoms with E-state index in [9.17, 15) is 9.90 Å². The second-order valence-electron chi connectivity index (χ2n) is 5.09. The minimum atomic E-state index is -0.795. The molecule has 0 heterocycles. The van der Waals surface area contributed by atoms with Crippen LogP contribution in [-0.4, -0.2) is 11.1 Å². The van der Waals surface area contributed by atoms with E-state index in [1.165, 1.54) is 5.56 Å². The first kappa shape index (κ1) is 14.3. The van der Waals surface area contributed by atoms with Crippen molar-refractivity contribution in [3.05, 3.63) is 71.8 Å². The highest BCUT2D eigenvalue weighted by Gasteiger charge is 2.37. The van der Waals surface area contributed by atoms with Crippen molar-refractivity contribution in [3.8, 4) is 0 Å². The van der Waals surface area contributed by atoms with Crippen LogP contribution in [0.5, 0.6) is 0 Å². The molecule has 0 bridgehead atoms. The predicted octanol–water partition coefficient (Wildman–Crippen LogP) is 4.05. The molecule has 104 valence electrons. The summed E-state index contributed by atoms with van der Waals surface area (Å²) in [7, 11) is 0. The van der Waals surface area contributed by atoms with E-state index >= 15 is 0 Å². The van der Waals surface area contributed by atoms with Crippen molar-refractivity contribution in [2.45, 2.75) is 31.6 Å². The highest BCUT2D eigenvalue weighted by Crippen LogP contribution is 2.33. The molecular formula is C18H20O2. The van der Waals surface area contributed by atoms with Gasteiger partial charge in [-0.25, -0.2) is 0 Å². The number of hydrogen-bond donors (Lipinski definition) is 1. The van der Waals surface area contributed by atoms with Crippen LogP contribution >= 0.6 is 0 Å². The SMILES string of the molecule is CCC(CCc1ccccc1)(C(=O)O)c1ccccc1. The maximum Gasteiger partial charge on any atom is 0.314 e. The van der Waals surface area contributed by atoms with Gasteiger partial charge in [0.05, 0.1) is 5.41 Å². The van der Waals surface area contributed by atoms with Gasteiger partial charge in [0.2, 0.25) is 0 Å². The van der Waals surface area contributed by atoms with Gasteiger partial charge in [-0.3, -0.25) is 4.79 Å². The molecule has 0 saturated carbocycles. The van der Waals surface area contributed by atoms with Crippen LogP contribution in [0.25, 0.3) is 0 Å². The first-order valence-corrected chi connectivity index (χ1v) is 7.02. The van der Waals surface area contributed by atoms with Crippen LogP contribution in [0.3, 0.4) is 0 Å². The maximum atomic E-state index is 11.9. The van der Waals surface area contributed by atoms with Gasteiger partial charge >= 0.3 is 5.97 Å². The number of carbonyl (C=O) groups is 1. The Hall–Kier alpha value is -2.09. The molecular weight excluding hydrogens is 248 g/mol. The number of carboxylic acids is 1. The number of carboxylic acid groups (broad SMARTS) is 1. The van der Waals surface area contributed by atoms with Crippen molar-refractivity contribution < 1.29 is 9.90 Å². The monoisotopic (exact) mass is 268 g/mol. The van der Waals surface area contributed by atoms with Crippen molar-refractivity contribution in [2.75, 3.05) is 0 Å². The second kappa shape index (κ2) is 6.38. The molecule has 0 saturated heterocycles. The third kappa shape index (κ3) is 2.90. The lowest BCUT2D eigenvalue weighted by molar-refractivity contribution is -0.144. The summed E-state index contributed by atoms with van der Waals surface area (Å²) in [4.78, 5) is 11.9. The van der Waals surface area contributed by atoms with Gasteiger partial charge in [0.1, 0.15) is 0 Å². The standard InChI is InChI=1S/C18H20O2/c1-2-18(17(19)20,16-11-7-4-8-12-16)14-13-15-9-5-3-6-10-15/h3-12H,2,13-14H2,1H3,(H,19,20). The molecule has 0 aliphatic heterocycles. The van der Waals surface area contributed by atoms with Crippen molar-refractivity contribution in [1.82, 2.24) is 0 Å². The van der Waals surface area contributed by atoms with E-state index < -0.39 is 11.4 Å². The third-order valence-electron chi connectivity index (χ3n) is 4.02. The van der Waals surface area contributed by atoms with Crippen LogP contribution in [0, 0.1) is 0 Å². The molecule has 2 aromatic rings. The number of aryl methyl sites for hydroxylation is 1. The summed E-state index contributed by atoms with van der Waals surface area (Å²) < 4.78 is 0. The molecule has 0 radical (unpaired) electrons. The molecule has 0 amide bonds. The molecule has 2 rings (SSSR count). The van der Waals surface area contributed by atoms with E-state index in [0.29, 0.717) is 12.8 Å². The van der Waals surface area contributed by atoms with Crippen LogP contribution in [0.15, 0.2) is 60.7 Å². The number of rotatable bonds is 6. The maximum absolute atomic E-state index is 11.9. The number of hydrogen-bond acceptors (Lipinski definition) is 1. The fourth-order valence-corrected chi connectivity index (χ4v) is 2.67. The third-order valence-corrected chi connectivity index (χ3v) is 4.02. The zero-order valence-corrected chi connectivity index (χ0v) is 11.8. The van der Waals surface area contributed by atoms with Gasteiger partial charge in [-0.2, -0.15) is 0 Å². The lowest BCUT2D eigenvalue weighted by Gasteiger charge is -2.29. The Balaban J connectivity index is 2.26. The fraction of sp³-hybridized carbons (Fsp3) is 0.278. The van der Waals surface area contributed by atoms with E-state index in [-0.39, 0.29) is 0 Å². The van der Waals surface area contributed by atoms with Gasteiger partial charge in [0.25, 0.3) is 0 Å². The van der Waals surface area contributed by atoms with Crippen LogP contribution in [-0.2, 0) is 16.6 Å². The normalized spacial score (nSPS) is 13.7. The smallest absolute Gasteiger partial charge is 0.314 e. The van der Waals surface area contributed by atoms with Gasteiger partial charge in [0.15, 0.2) is 0 Å². The average molecular weight is 268 g/mol.